The summed E-state index contributed by atoms with van der Waals surface area (Å²) in [7, 11) is 1.86. The number of carbonyl (C=O) groups excluding carboxylic acids is 1. The number of aromatic nitrogens is 2. The Morgan fingerprint density at radius 1 is 1.11 bits per heavy atom. The molecule has 1 amide bonds. The molecule has 1 heterocycles. The minimum Gasteiger partial charge on any atom is -0.370 e. The minimum atomic E-state index is -4.53. The second-order valence-electron chi connectivity index (χ2n) is 9.48. The molecular formula is C28H28F3N5O. The number of alkyl halides is 3. The van der Waals surface area contributed by atoms with Gasteiger partial charge in [0, 0.05) is 36.6 Å². The number of nitrogens with zero attached hydrogens (tertiary/aromatic N) is 3. The minimum absolute atomic E-state index is 0.120. The van der Waals surface area contributed by atoms with Gasteiger partial charge in [-0.3, -0.25) is 4.79 Å². The number of rotatable bonds is 4. The van der Waals surface area contributed by atoms with Crippen LogP contribution in [-0.2, 0) is 6.18 Å². The van der Waals surface area contributed by atoms with E-state index >= 15 is 0 Å². The standard InChI is InChI=1S/C28H28F3N5O/c1-17-4-10-23(12-17)36(3)25-11-9-22(28(29,30)31)14-24(25)35-26(37)21-7-5-18(2)20(13-21)8-6-19-15-33-27(32)34-16-19/h5,7,9,11,13-17,23H,4,10,12H2,1-3H3,(H,35,37)(H2,32,33,34). The van der Waals surface area contributed by atoms with Gasteiger partial charge in [0.05, 0.1) is 22.5 Å². The van der Waals surface area contributed by atoms with Crippen molar-refractivity contribution in [2.24, 2.45) is 5.92 Å². The lowest BCUT2D eigenvalue weighted by Gasteiger charge is -2.29. The lowest BCUT2D eigenvalue weighted by atomic mass is 10.0. The van der Waals surface area contributed by atoms with Gasteiger partial charge in [-0.1, -0.05) is 24.8 Å². The van der Waals surface area contributed by atoms with Crippen molar-refractivity contribution in [3.63, 3.8) is 0 Å². The Hall–Kier alpha value is -4.06. The zero-order valence-corrected chi connectivity index (χ0v) is 20.9. The first-order chi connectivity index (χ1) is 17.5. The molecule has 6 nitrogen and oxygen atoms in total. The molecule has 4 rings (SSSR count). The first-order valence-electron chi connectivity index (χ1n) is 12.0. The van der Waals surface area contributed by atoms with Crippen molar-refractivity contribution >= 4 is 23.2 Å². The van der Waals surface area contributed by atoms with Crippen LogP contribution in [0.25, 0.3) is 0 Å². The fourth-order valence-electron chi connectivity index (χ4n) is 4.48. The summed E-state index contributed by atoms with van der Waals surface area (Å²) in [5.41, 5.74) is 7.63. The van der Waals surface area contributed by atoms with Gasteiger partial charge < -0.3 is 16.0 Å². The van der Waals surface area contributed by atoms with Crippen LogP contribution >= 0.6 is 0 Å². The fourth-order valence-corrected chi connectivity index (χ4v) is 4.48. The zero-order chi connectivity index (χ0) is 26.7. The SMILES string of the molecule is Cc1ccc(C(=O)Nc2cc(C(F)(F)F)ccc2N(C)C2CCC(C)C2)cc1C#Cc1cnc(N)nc1. The largest absolute Gasteiger partial charge is 0.416 e. The first-order valence-corrected chi connectivity index (χ1v) is 12.0. The van der Waals surface area contributed by atoms with E-state index in [9.17, 15) is 18.0 Å². The zero-order valence-electron chi connectivity index (χ0n) is 20.9. The number of nitrogen functional groups attached to an aromatic ring is 1. The smallest absolute Gasteiger partial charge is 0.370 e. The summed E-state index contributed by atoms with van der Waals surface area (Å²) in [6.07, 6.45) is 1.43. The third-order valence-corrected chi connectivity index (χ3v) is 6.68. The van der Waals surface area contributed by atoms with Gasteiger partial charge in [-0.05, 0) is 68.0 Å². The molecule has 2 atom stereocenters. The molecule has 3 N–H and O–H groups in total. The van der Waals surface area contributed by atoms with Gasteiger partial charge in [-0.25, -0.2) is 9.97 Å². The van der Waals surface area contributed by atoms with E-state index in [1.54, 1.807) is 18.2 Å². The molecule has 0 aliphatic heterocycles. The number of hydrogen-bond donors (Lipinski definition) is 2. The van der Waals surface area contributed by atoms with Gasteiger partial charge in [0.15, 0.2) is 0 Å². The van der Waals surface area contributed by atoms with Crippen LogP contribution in [0.2, 0.25) is 0 Å². The van der Waals surface area contributed by atoms with E-state index in [0.717, 1.165) is 37.0 Å². The molecule has 2 aromatic carbocycles. The van der Waals surface area contributed by atoms with Crippen LogP contribution in [0.4, 0.5) is 30.5 Å². The number of nitrogens with two attached hydrogens (primary N) is 1. The molecule has 0 saturated heterocycles. The topological polar surface area (TPSA) is 84.1 Å². The molecule has 1 aliphatic carbocycles. The van der Waals surface area contributed by atoms with Crippen LogP contribution < -0.4 is 16.0 Å². The van der Waals surface area contributed by atoms with Crippen molar-refractivity contribution in [3.05, 3.63) is 76.6 Å². The Balaban J connectivity index is 1.63. The van der Waals surface area contributed by atoms with Crippen molar-refractivity contribution in [1.29, 1.82) is 0 Å². The highest BCUT2D eigenvalue weighted by atomic mass is 19.4. The monoisotopic (exact) mass is 507 g/mol. The number of anilines is 3. The van der Waals surface area contributed by atoms with E-state index in [4.69, 9.17) is 5.73 Å². The van der Waals surface area contributed by atoms with Crippen LogP contribution in [0, 0.1) is 24.7 Å². The second kappa shape index (κ2) is 10.5. The number of hydrogen-bond acceptors (Lipinski definition) is 5. The molecule has 1 saturated carbocycles. The third-order valence-electron chi connectivity index (χ3n) is 6.68. The van der Waals surface area contributed by atoms with Crippen LogP contribution in [0.5, 0.6) is 0 Å². The summed E-state index contributed by atoms with van der Waals surface area (Å²) in [6.45, 7) is 4.02. The molecule has 3 aromatic rings. The molecular weight excluding hydrogens is 479 g/mol. The summed E-state index contributed by atoms with van der Waals surface area (Å²) in [5.74, 6) is 6.10. The molecule has 1 aliphatic rings. The number of nitrogens with one attached hydrogen (secondary N) is 1. The van der Waals surface area contributed by atoms with Crippen molar-refractivity contribution in [3.8, 4) is 11.8 Å². The van der Waals surface area contributed by atoms with Crippen LogP contribution in [-0.4, -0.2) is 29.0 Å². The molecule has 1 fully saturated rings. The maximum Gasteiger partial charge on any atom is 0.416 e. The molecule has 9 heteroatoms. The molecule has 0 spiro atoms. The van der Waals surface area contributed by atoms with E-state index in [2.05, 4.69) is 34.0 Å². The predicted octanol–water partition coefficient (Wildman–Crippen LogP) is 5.66. The average Bonchev–Trinajstić information content (AvgIpc) is 3.29. The first kappa shape index (κ1) is 26.0. The highest BCUT2D eigenvalue weighted by molar-refractivity contribution is 6.06. The van der Waals surface area contributed by atoms with Gasteiger partial charge in [-0.15, -0.1) is 0 Å². The Bertz CT molecular complexity index is 1360. The normalized spacial score (nSPS) is 17.1. The van der Waals surface area contributed by atoms with Gasteiger partial charge in [0.25, 0.3) is 5.91 Å². The molecule has 0 bridgehead atoms. The van der Waals surface area contributed by atoms with Crippen molar-refractivity contribution in [1.82, 2.24) is 9.97 Å². The van der Waals surface area contributed by atoms with Crippen LogP contribution in [0.1, 0.15) is 58.8 Å². The molecule has 0 radical (unpaired) electrons. The Kier molecular flexibility index (Phi) is 7.39. The Labute approximate surface area is 214 Å². The molecule has 192 valence electrons. The van der Waals surface area contributed by atoms with Crippen molar-refractivity contribution < 1.29 is 18.0 Å². The number of halogens is 3. The Morgan fingerprint density at radius 2 is 1.84 bits per heavy atom. The fraction of sp³-hybridized carbons (Fsp3) is 0.321. The lowest BCUT2D eigenvalue weighted by Crippen LogP contribution is -2.30. The molecule has 37 heavy (non-hydrogen) atoms. The number of carbonyl (C=O) groups is 1. The van der Waals surface area contributed by atoms with E-state index in [1.807, 2.05) is 18.9 Å². The van der Waals surface area contributed by atoms with Gasteiger partial charge in [-0.2, -0.15) is 13.2 Å². The van der Waals surface area contributed by atoms with E-state index in [-0.39, 0.29) is 23.2 Å². The summed E-state index contributed by atoms with van der Waals surface area (Å²) in [6, 6.07) is 8.67. The Morgan fingerprint density at radius 3 is 2.49 bits per heavy atom. The third kappa shape index (κ3) is 6.20. The van der Waals surface area contributed by atoms with Gasteiger partial charge >= 0.3 is 6.18 Å². The number of benzene rings is 2. The maximum atomic E-state index is 13.5. The molecule has 1 aromatic heterocycles. The van der Waals surface area contributed by atoms with E-state index in [1.165, 1.54) is 18.5 Å². The lowest BCUT2D eigenvalue weighted by molar-refractivity contribution is -0.137. The summed E-state index contributed by atoms with van der Waals surface area (Å²) in [4.78, 5) is 23.0. The van der Waals surface area contributed by atoms with Crippen molar-refractivity contribution in [2.45, 2.75) is 45.3 Å². The van der Waals surface area contributed by atoms with E-state index < -0.39 is 17.6 Å². The predicted molar refractivity (Wildman–Crippen MR) is 138 cm³/mol. The highest BCUT2D eigenvalue weighted by Crippen LogP contribution is 2.38. The highest BCUT2D eigenvalue weighted by Gasteiger charge is 2.33. The van der Waals surface area contributed by atoms with Crippen LogP contribution in [0.15, 0.2) is 48.8 Å². The summed E-state index contributed by atoms with van der Waals surface area (Å²) in [5, 5.41) is 2.72. The quantitative estimate of drug-likeness (QED) is 0.445. The van der Waals surface area contributed by atoms with Gasteiger partial charge in [0.1, 0.15) is 0 Å². The van der Waals surface area contributed by atoms with Gasteiger partial charge in [0.2, 0.25) is 5.95 Å². The van der Waals surface area contributed by atoms with E-state index in [0.29, 0.717) is 22.7 Å². The maximum absolute atomic E-state index is 13.5. The summed E-state index contributed by atoms with van der Waals surface area (Å²) >= 11 is 0. The number of aryl methyl sites for hydroxylation is 1. The van der Waals surface area contributed by atoms with Crippen molar-refractivity contribution in [2.75, 3.05) is 23.0 Å². The summed E-state index contributed by atoms with van der Waals surface area (Å²) < 4.78 is 40.5. The number of amides is 1. The average molecular weight is 508 g/mol. The van der Waals surface area contributed by atoms with Crippen LogP contribution in [0.3, 0.4) is 0 Å². The molecule has 2 unspecified atom stereocenters. The second-order valence-corrected chi connectivity index (χ2v) is 9.48.